The average molecular weight is 338 g/mol. The third kappa shape index (κ3) is 2.92. The van der Waals surface area contributed by atoms with Crippen molar-refractivity contribution >= 4 is 5.71 Å². The smallest absolute Gasteiger partial charge is 0.458 e. The molecule has 0 radical (unpaired) electrons. The van der Waals surface area contributed by atoms with Gasteiger partial charge < -0.3 is 14.7 Å². The highest BCUT2D eigenvalue weighted by atomic mass is 19.4. The van der Waals surface area contributed by atoms with E-state index in [4.69, 9.17) is 4.74 Å². The van der Waals surface area contributed by atoms with Crippen LogP contribution in [-0.4, -0.2) is 34.9 Å². The Hall–Kier alpha value is -2.61. The Labute approximate surface area is 135 Å². The van der Waals surface area contributed by atoms with Crippen molar-refractivity contribution in [3.8, 4) is 17.0 Å². The molecular weight excluding hydrogens is 325 g/mol. The highest BCUT2D eigenvalue weighted by Gasteiger charge is 2.60. The van der Waals surface area contributed by atoms with E-state index in [1.807, 2.05) is 6.07 Å². The summed E-state index contributed by atoms with van der Waals surface area (Å²) in [5, 5.41) is 12.8. The van der Waals surface area contributed by atoms with Gasteiger partial charge in [0.25, 0.3) is 0 Å². The predicted octanol–water partition coefficient (Wildman–Crippen LogP) is 3.13. The van der Waals surface area contributed by atoms with Crippen LogP contribution in [0.3, 0.4) is 0 Å². The largest absolute Gasteiger partial charge is 0.481 e. The molecule has 5 nitrogen and oxygen atoms in total. The summed E-state index contributed by atoms with van der Waals surface area (Å²) in [7, 11) is 1.52. The van der Waals surface area contributed by atoms with Crippen LogP contribution in [0, 0.1) is 0 Å². The third-order valence-corrected chi connectivity index (χ3v) is 3.65. The van der Waals surface area contributed by atoms with Gasteiger partial charge in [-0.1, -0.05) is 29.4 Å². The zero-order chi connectivity index (χ0) is 17.4. The number of methoxy groups -OCH3 is 1. The Bertz CT molecular complexity index is 758. The quantitative estimate of drug-likeness (QED) is 0.934. The minimum atomic E-state index is -4.91. The second-order valence-electron chi connectivity index (χ2n) is 5.25. The molecule has 0 amide bonds. The number of aromatic nitrogens is 1. The van der Waals surface area contributed by atoms with Crippen LogP contribution in [0.5, 0.6) is 5.88 Å². The van der Waals surface area contributed by atoms with Crippen molar-refractivity contribution in [2.75, 3.05) is 7.11 Å². The minimum Gasteiger partial charge on any atom is -0.481 e. The summed E-state index contributed by atoms with van der Waals surface area (Å²) in [5.41, 5.74) is 2.15. The van der Waals surface area contributed by atoms with Crippen molar-refractivity contribution in [2.24, 2.45) is 5.16 Å². The summed E-state index contributed by atoms with van der Waals surface area (Å²) in [5.74, 6) is -2.78. The van der Waals surface area contributed by atoms with Gasteiger partial charge in [-0.3, -0.25) is 0 Å². The Morgan fingerprint density at radius 3 is 2.21 bits per heavy atom. The first-order valence-corrected chi connectivity index (χ1v) is 6.97. The molecule has 1 aromatic carbocycles. The van der Waals surface area contributed by atoms with E-state index in [0.29, 0.717) is 11.4 Å². The molecular formula is C16H13F3N2O3. The van der Waals surface area contributed by atoms with Crippen LogP contribution in [0.1, 0.15) is 12.0 Å². The fraction of sp³-hybridized carbons (Fsp3) is 0.250. The first-order valence-electron chi connectivity index (χ1n) is 6.97. The van der Waals surface area contributed by atoms with Gasteiger partial charge in [-0.2, -0.15) is 13.2 Å². The molecule has 1 N–H and O–H groups in total. The number of pyridine rings is 1. The summed E-state index contributed by atoms with van der Waals surface area (Å²) >= 11 is 0. The normalized spacial score (nSPS) is 20.5. The Balaban J connectivity index is 1.78. The molecule has 0 saturated carbocycles. The summed E-state index contributed by atoms with van der Waals surface area (Å²) in [4.78, 5) is 8.30. The van der Waals surface area contributed by atoms with Crippen molar-refractivity contribution in [1.82, 2.24) is 4.98 Å². The van der Waals surface area contributed by atoms with Crippen molar-refractivity contribution in [1.29, 1.82) is 0 Å². The first-order chi connectivity index (χ1) is 11.3. The second kappa shape index (κ2) is 5.79. The van der Waals surface area contributed by atoms with E-state index in [2.05, 4.69) is 15.0 Å². The van der Waals surface area contributed by atoms with Crippen molar-refractivity contribution in [3.05, 3.63) is 48.2 Å². The molecule has 0 bridgehead atoms. The fourth-order valence-corrected chi connectivity index (χ4v) is 2.26. The van der Waals surface area contributed by atoms with E-state index >= 15 is 0 Å². The van der Waals surface area contributed by atoms with Crippen molar-refractivity contribution in [3.63, 3.8) is 0 Å². The van der Waals surface area contributed by atoms with Gasteiger partial charge in [-0.15, -0.1) is 0 Å². The van der Waals surface area contributed by atoms with Crippen LogP contribution >= 0.6 is 0 Å². The van der Waals surface area contributed by atoms with Gasteiger partial charge in [0, 0.05) is 17.8 Å². The van der Waals surface area contributed by atoms with Crippen molar-refractivity contribution in [2.45, 2.75) is 18.4 Å². The maximum absolute atomic E-state index is 12.7. The zero-order valence-electron chi connectivity index (χ0n) is 12.5. The monoisotopic (exact) mass is 338 g/mol. The fourth-order valence-electron chi connectivity index (χ4n) is 2.26. The molecule has 1 aliphatic heterocycles. The topological polar surface area (TPSA) is 63.9 Å². The molecule has 2 heterocycles. The Morgan fingerprint density at radius 2 is 1.71 bits per heavy atom. The number of hydrogen-bond donors (Lipinski definition) is 1. The predicted molar refractivity (Wildman–Crippen MR) is 79.5 cm³/mol. The lowest BCUT2D eigenvalue weighted by atomic mass is 9.99. The lowest BCUT2D eigenvalue weighted by Gasteiger charge is -2.22. The molecule has 1 aliphatic rings. The first kappa shape index (κ1) is 16.3. The number of aliphatic hydroxyl groups is 1. The van der Waals surface area contributed by atoms with E-state index in [-0.39, 0.29) is 5.71 Å². The number of nitrogens with zero attached hydrogens (tertiary/aromatic N) is 2. The molecule has 126 valence electrons. The van der Waals surface area contributed by atoms with Gasteiger partial charge in [0.1, 0.15) is 0 Å². The number of alkyl halides is 3. The molecule has 0 saturated heterocycles. The number of rotatable bonds is 3. The van der Waals surface area contributed by atoms with E-state index in [0.717, 1.165) is 11.1 Å². The summed E-state index contributed by atoms with van der Waals surface area (Å²) in [6.45, 7) is 0. The Kier molecular flexibility index (Phi) is 3.92. The average Bonchev–Trinajstić information content (AvgIpc) is 2.99. The number of ether oxygens (including phenoxy) is 1. The molecule has 1 atom stereocenters. The van der Waals surface area contributed by atoms with E-state index < -0.39 is 18.4 Å². The van der Waals surface area contributed by atoms with Gasteiger partial charge in [-0.05, 0) is 17.2 Å². The van der Waals surface area contributed by atoms with Gasteiger partial charge in [0.15, 0.2) is 0 Å². The van der Waals surface area contributed by atoms with Crippen LogP contribution in [0.25, 0.3) is 11.1 Å². The van der Waals surface area contributed by atoms with Crippen LogP contribution in [0.4, 0.5) is 13.2 Å². The van der Waals surface area contributed by atoms with Gasteiger partial charge >= 0.3 is 12.0 Å². The summed E-state index contributed by atoms with van der Waals surface area (Å²) in [6, 6.07) is 10.2. The van der Waals surface area contributed by atoms with Gasteiger partial charge in [0.05, 0.1) is 19.2 Å². The Morgan fingerprint density at radius 1 is 1.08 bits per heavy atom. The molecule has 0 spiro atoms. The molecule has 8 heteroatoms. The van der Waals surface area contributed by atoms with Gasteiger partial charge in [0.2, 0.25) is 5.88 Å². The highest BCUT2D eigenvalue weighted by molar-refractivity contribution is 6.01. The zero-order valence-corrected chi connectivity index (χ0v) is 12.5. The van der Waals surface area contributed by atoms with Crippen molar-refractivity contribution < 1.29 is 27.9 Å². The lowest BCUT2D eigenvalue weighted by Crippen LogP contribution is -2.45. The van der Waals surface area contributed by atoms with Crippen LogP contribution < -0.4 is 4.74 Å². The number of benzene rings is 1. The number of hydrogen-bond acceptors (Lipinski definition) is 5. The highest BCUT2D eigenvalue weighted by Crippen LogP contribution is 2.39. The molecule has 0 fully saturated rings. The standard InChI is InChI=1S/C16H13F3N2O3/c1-23-14-7-6-12(9-20-14)10-2-4-11(5-3-10)13-8-15(22,24-21-13)16(17,18)19/h2-7,9,22H,8H2,1H3. The van der Waals surface area contributed by atoms with Gasteiger partial charge in [-0.25, -0.2) is 4.98 Å². The van der Waals surface area contributed by atoms with Crippen LogP contribution in [0.15, 0.2) is 47.8 Å². The van der Waals surface area contributed by atoms with E-state index in [9.17, 15) is 18.3 Å². The summed E-state index contributed by atoms with van der Waals surface area (Å²) < 4.78 is 43.1. The maximum Gasteiger partial charge on any atom is 0.458 e. The number of oxime groups is 1. The third-order valence-electron chi connectivity index (χ3n) is 3.65. The van der Waals surface area contributed by atoms with E-state index in [1.54, 1.807) is 36.5 Å². The number of halogens is 3. The molecule has 0 aliphatic carbocycles. The second-order valence-corrected chi connectivity index (χ2v) is 5.25. The minimum absolute atomic E-state index is 0.0363. The summed E-state index contributed by atoms with van der Waals surface area (Å²) in [6.07, 6.45) is -4.03. The van der Waals surface area contributed by atoms with Crippen LogP contribution in [0.2, 0.25) is 0 Å². The molecule has 24 heavy (non-hydrogen) atoms. The maximum atomic E-state index is 12.7. The van der Waals surface area contributed by atoms with E-state index in [1.165, 1.54) is 7.11 Å². The molecule has 1 aromatic heterocycles. The van der Waals surface area contributed by atoms with Crippen LogP contribution in [-0.2, 0) is 4.84 Å². The molecule has 1 unspecified atom stereocenters. The lowest BCUT2D eigenvalue weighted by molar-refractivity contribution is -0.355. The SMILES string of the molecule is COc1ccc(-c2ccc(C3=NOC(O)(C(F)(F)F)C3)cc2)cn1. The molecule has 2 aromatic rings. The molecule has 3 rings (SSSR count).